The number of aliphatic imine (C=N–C) groups is 1. The van der Waals surface area contributed by atoms with E-state index in [2.05, 4.69) is 34.0 Å². The molecule has 1 N–H and O–H groups in total. The fourth-order valence-corrected chi connectivity index (χ4v) is 3.09. The summed E-state index contributed by atoms with van der Waals surface area (Å²) in [6.07, 6.45) is 2.60. The molecule has 1 atom stereocenters. The fraction of sp³-hybridized carbons (Fsp3) is 0.692. The molecule has 1 saturated heterocycles. The molecule has 18 heavy (non-hydrogen) atoms. The van der Waals surface area contributed by atoms with Crippen LogP contribution in [0.2, 0.25) is 0 Å². The van der Waals surface area contributed by atoms with Gasteiger partial charge in [-0.3, -0.25) is 4.99 Å². The van der Waals surface area contributed by atoms with E-state index in [-0.39, 0.29) is 0 Å². The highest BCUT2D eigenvalue weighted by Crippen LogP contribution is 2.16. The van der Waals surface area contributed by atoms with Crippen LogP contribution < -0.4 is 5.32 Å². The first-order chi connectivity index (χ1) is 8.70. The molecule has 1 aliphatic rings. The Morgan fingerprint density at radius 3 is 3.11 bits per heavy atom. The minimum Gasteiger partial charge on any atom is -0.351 e. The molecule has 1 aromatic rings. The van der Waals surface area contributed by atoms with Crippen LogP contribution in [0.3, 0.4) is 0 Å². The van der Waals surface area contributed by atoms with Gasteiger partial charge >= 0.3 is 0 Å². The van der Waals surface area contributed by atoms with Crippen molar-refractivity contribution in [2.24, 2.45) is 10.9 Å². The SMILES string of the molecule is CN=C(NCc1scnc1C)N1CCCC(C)C1. The zero-order chi connectivity index (χ0) is 13.0. The van der Waals surface area contributed by atoms with Gasteiger partial charge in [-0.1, -0.05) is 6.92 Å². The Kier molecular flexibility index (Phi) is 4.58. The lowest BCUT2D eigenvalue weighted by atomic mass is 10.0. The molecule has 0 radical (unpaired) electrons. The van der Waals surface area contributed by atoms with Crippen LogP contribution in [0, 0.1) is 12.8 Å². The lowest BCUT2D eigenvalue weighted by Crippen LogP contribution is -2.45. The molecule has 0 bridgehead atoms. The Balaban J connectivity index is 1.92. The van der Waals surface area contributed by atoms with E-state index in [4.69, 9.17) is 0 Å². The van der Waals surface area contributed by atoms with Gasteiger partial charge in [0.25, 0.3) is 0 Å². The van der Waals surface area contributed by atoms with Gasteiger partial charge in [0.15, 0.2) is 5.96 Å². The highest BCUT2D eigenvalue weighted by molar-refractivity contribution is 7.09. The highest BCUT2D eigenvalue weighted by atomic mass is 32.1. The summed E-state index contributed by atoms with van der Waals surface area (Å²) >= 11 is 1.70. The molecule has 4 nitrogen and oxygen atoms in total. The molecule has 2 rings (SSSR count). The average molecular weight is 266 g/mol. The Morgan fingerprint density at radius 1 is 1.67 bits per heavy atom. The maximum atomic E-state index is 4.39. The van der Waals surface area contributed by atoms with Gasteiger partial charge in [0, 0.05) is 25.0 Å². The molecule has 1 aliphatic heterocycles. The van der Waals surface area contributed by atoms with Crippen molar-refractivity contribution in [2.45, 2.75) is 33.2 Å². The predicted octanol–water partition coefficient (Wildman–Crippen LogP) is 2.26. The van der Waals surface area contributed by atoms with Crippen LogP contribution in [0.25, 0.3) is 0 Å². The van der Waals surface area contributed by atoms with Crippen molar-refractivity contribution < 1.29 is 0 Å². The fourth-order valence-electron chi connectivity index (χ4n) is 2.37. The number of thiazole rings is 1. The van der Waals surface area contributed by atoms with Gasteiger partial charge < -0.3 is 10.2 Å². The van der Waals surface area contributed by atoms with E-state index in [0.29, 0.717) is 0 Å². The monoisotopic (exact) mass is 266 g/mol. The minimum atomic E-state index is 0.766. The van der Waals surface area contributed by atoms with Crippen LogP contribution >= 0.6 is 11.3 Å². The van der Waals surface area contributed by atoms with Gasteiger partial charge in [-0.25, -0.2) is 4.98 Å². The molecule has 5 heteroatoms. The quantitative estimate of drug-likeness (QED) is 0.659. The predicted molar refractivity (Wildman–Crippen MR) is 77.0 cm³/mol. The van der Waals surface area contributed by atoms with Gasteiger partial charge in [0.2, 0.25) is 0 Å². The Labute approximate surface area is 113 Å². The van der Waals surface area contributed by atoms with Crippen LogP contribution in [-0.2, 0) is 6.54 Å². The van der Waals surface area contributed by atoms with Gasteiger partial charge in [-0.05, 0) is 25.7 Å². The van der Waals surface area contributed by atoms with E-state index in [1.165, 1.54) is 17.7 Å². The average Bonchev–Trinajstić information content (AvgIpc) is 2.76. The first-order valence-corrected chi connectivity index (χ1v) is 7.43. The van der Waals surface area contributed by atoms with E-state index in [9.17, 15) is 0 Å². The zero-order valence-corrected chi connectivity index (χ0v) is 12.3. The number of aromatic nitrogens is 1. The largest absolute Gasteiger partial charge is 0.351 e. The molecule has 1 fully saturated rings. The van der Waals surface area contributed by atoms with E-state index in [1.807, 2.05) is 12.6 Å². The number of piperidine rings is 1. The van der Waals surface area contributed by atoms with Gasteiger partial charge in [0.05, 0.1) is 17.7 Å². The van der Waals surface area contributed by atoms with Gasteiger partial charge in [-0.2, -0.15) is 0 Å². The lowest BCUT2D eigenvalue weighted by Gasteiger charge is -2.33. The normalized spacial score (nSPS) is 21.2. The number of rotatable bonds is 2. The Morgan fingerprint density at radius 2 is 2.50 bits per heavy atom. The number of hydrogen-bond acceptors (Lipinski definition) is 3. The summed E-state index contributed by atoms with van der Waals surface area (Å²) < 4.78 is 0. The third kappa shape index (κ3) is 3.22. The number of hydrogen-bond donors (Lipinski definition) is 1. The molecular formula is C13H22N4S. The summed E-state index contributed by atoms with van der Waals surface area (Å²) in [4.78, 5) is 12.3. The van der Waals surface area contributed by atoms with Crippen molar-refractivity contribution in [3.8, 4) is 0 Å². The standard InChI is InChI=1S/C13H22N4S/c1-10-5-4-6-17(8-10)13(14-3)15-7-12-11(2)16-9-18-12/h9-10H,4-8H2,1-3H3,(H,14,15). The first-order valence-electron chi connectivity index (χ1n) is 6.55. The smallest absolute Gasteiger partial charge is 0.193 e. The van der Waals surface area contributed by atoms with Crippen LogP contribution in [0.1, 0.15) is 30.3 Å². The van der Waals surface area contributed by atoms with E-state index >= 15 is 0 Å². The maximum Gasteiger partial charge on any atom is 0.193 e. The summed E-state index contributed by atoms with van der Waals surface area (Å²) in [5, 5.41) is 3.45. The van der Waals surface area contributed by atoms with Crippen molar-refractivity contribution in [1.29, 1.82) is 0 Å². The van der Waals surface area contributed by atoms with Gasteiger partial charge in [0.1, 0.15) is 0 Å². The summed E-state index contributed by atoms with van der Waals surface area (Å²) in [6.45, 7) is 7.42. The van der Waals surface area contributed by atoms with E-state index < -0.39 is 0 Å². The molecule has 1 aromatic heterocycles. The summed E-state index contributed by atoms with van der Waals surface area (Å²) in [7, 11) is 1.86. The van der Waals surface area contributed by atoms with Crippen molar-refractivity contribution in [3.63, 3.8) is 0 Å². The van der Waals surface area contributed by atoms with Crippen molar-refractivity contribution in [3.05, 3.63) is 16.1 Å². The molecule has 0 amide bonds. The number of nitrogens with zero attached hydrogens (tertiary/aromatic N) is 3. The molecular weight excluding hydrogens is 244 g/mol. The molecule has 1 unspecified atom stereocenters. The van der Waals surface area contributed by atoms with Crippen molar-refractivity contribution >= 4 is 17.3 Å². The van der Waals surface area contributed by atoms with Crippen LogP contribution in [0.15, 0.2) is 10.5 Å². The number of likely N-dealkylation sites (tertiary alicyclic amines) is 1. The molecule has 2 heterocycles. The number of guanidine groups is 1. The topological polar surface area (TPSA) is 40.5 Å². The second-order valence-electron chi connectivity index (χ2n) is 4.96. The number of aryl methyl sites for hydroxylation is 1. The minimum absolute atomic E-state index is 0.766. The summed E-state index contributed by atoms with van der Waals surface area (Å²) in [5.74, 6) is 1.79. The summed E-state index contributed by atoms with van der Waals surface area (Å²) in [5.41, 5.74) is 3.02. The third-order valence-electron chi connectivity index (χ3n) is 3.42. The zero-order valence-electron chi connectivity index (χ0n) is 11.4. The van der Waals surface area contributed by atoms with Crippen LogP contribution in [-0.4, -0.2) is 36.0 Å². The number of nitrogens with one attached hydrogen (secondary N) is 1. The molecule has 0 saturated carbocycles. The van der Waals surface area contributed by atoms with Gasteiger partial charge in [-0.15, -0.1) is 11.3 Å². The molecule has 0 aliphatic carbocycles. The van der Waals surface area contributed by atoms with E-state index in [0.717, 1.165) is 37.2 Å². The second-order valence-corrected chi connectivity index (χ2v) is 5.89. The van der Waals surface area contributed by atoms with E-state index in [1.54, 1.807) is 11.3 Å². The van der Waals surface area contributed by atoms with Crippen molar-refractivity contribution in [1.82, 2.24) is 15.2 Å². The van der Waals surface area contributed by atoms with Crippen LogP contribution in [0.4, 0.5) is 0 Å². The highest BCUT2D eigenvalue weighted by Gasteiger charge is 2.19. The van der Waals surface area contributed by atoms with Crippen molar-refractivity contribution in [2.75, 3.05) is 20.1 Å². The first kappa shape index (κ1) is 13.3. The molecule has 0 aromatic carbocycles. The lowest BCUT2D eigenvalue weighted by molar-refractivity contribution is 0.266. The third-order valence-corrected chi connectivity index (χ3v) is 4.36. The Hall–Kier alpha value is -1.10. The van der Waals surface area contributed by atoms with Crippen LogP contribution in [0.5, 0.6) is 0 Å². The second kappa shape index (κ2) is 6.18. The molecule has 0 spiro atoms. The summed E-state index contributed by atoms with van der Waals surface area (Å²) in [6, 6.07) is 0. The molecule has 100 valence electrons. The maximum absolute atomic E-state index is 4.39. The Bertz CT molecular complexity index is 413.